The molecular weight excluding hydrogens is 294 g/mol. The molecule has 1 amide bonds. The number of rotatable bonds is 3. The van der Waals surface area contributed by atoms with Gasteiger partial charge in [-0.3, -0.25) is 4.79 Å². The monoisotopic (exact) mass is 315 g/mol. The van der Waals surface area contributed by atoms with E-state index < -0.39 is 0 Å². The number of hydrogen-bond donors (Lipinski definition) is 0. The molecule has 0 spiro atoms. The molecule has 0 unspecified atom stereocenters. The van der Waals surface area contributed by atoms with Gasteiger partial charge in [-0.15, -0.1) is 5.10 Å². The van der Waals surface area contributed by atoms with Crippen molar-refractivity contribution >= 4 is 5.91 Å². The van der Waals surface area contributed by atoms with Crippen LogP contribution in [0, 0.1) is 5.92 Å². The zero-order valence-corrected chi connectivity index (χ0v) is 13.6. The predicted molar refractivity (Wildman–Crippen MR) is 84.6 cm³/mol. The topological polar surface area (TPSA) is 73.1 Å². The largest absolute Gasteiger partial charge is 0.494 e. The third kappa shape index (κ3) is 2.91. The van der Waals surface area contributed by atoms with Gasteiger partial charge < -0.3 is 9.64 Å². The first-order valence-corrected chi connectivity index (χ1v) is 7.84. The summed E-state index contributed by atoms with van der Waals surface area (Å²) in [6.07, 6.45) is 3.70. The number of aromatic nitrogens is 4. The second-order valence-electron chi connectivity index (χ2n) is 6.00. The highest BCUT2D eigenvalue weighted by atomic mass is 16.5. The van der Waals surface area contributed by atoms with Gasteiger partial charge in [0.25, 0.3) is 5.91 Å². The zero-order valence-electron chi connectivity index (χ0n) is 13.6. The van der Waals surface area contributed by atoms with Crippen molar-refractivity contribution in [3.63, 3.8) is 0 Å². The first-order chi connectivity index (χ1) is 11.1. The van der Waals surface area contributed by atoms with E-state index in [-0.39, 0.29) is 11.9 Å². The van der Waals surface area contributed by atoms with E-state index in [0.29, 0.717) is 22.9 Å². The molecule has 3 rings (SSSR count). The van der Waals surface area contributed by atoms with E-state index in [1.54, 1.807) is 25.3 Å². The third-order valence-electron chi connectivity index (χ3n) is 4.66. The number of carbonyl (C=O) groups is 1. The van der Waals surface area contributed by atoms with Crippen molar-refractivity contribution in [1.82, 2.24) is 25.1 Å². The van der Waals surface area contributed by atoms with Gasteiger partial charge in [0.15, 0.2) is 0 Å². The SMILES string of the molecule is COc1ccc(C(=O)N2CCC[C@@H](C)[C@@H]2C)cc1-n1cnnn1. The zero-order chi connectivity index (χ0) is 16.4. The molecule has 1 saturated heterocycles. The van der Waals surface area contributed by atoms with E-state index in [2.05, 4.69) is 29.4 Å². The van der Waals surface area contributed by atoms with Gasteiger partial charge in [0.05, 0.1) is 7.11 Å². The fourth-order valence-electron chi connectivity index (χ4n) is 3.06. The summed E-state index contributed by atoms with van der Waals surface area (Å²) >= 11 is 0. The number of amides is 1. The first-order valence-electron chi connectivity index (χ1n) is 7.84. The normalized spacial score (nSPS) is 21.3. The van der Waals surface area contributed by atoms with Crippen LogP contribution in [0.4, 0.5) is 0 Å². The van der Waals surface area contributed by atoms with Crippen molar-refractivity contribution in [2.75, 3.05) is 13.7 Å². The molecule has 0 N–H and O–H groups in total. The van der Waals surface area contributed by atoms with Gasteiger partial charge in [0.2, 0.25) is 0 Å². The number of tetrazole rings is 1. The molecule has 1 fully saturated rings. The van der Waals surface area contributed by atoms with Gasteiger partial charge in [-0.25, -0.2) is 0 Å². The molecule has 1 aromatic heterocycles. The smallest absolute Gasteiger partial charge is 0.254 e. The van der Waals surface area contributed by atoms with E-state index in [1.165, 1.54) is 17.4 Å². The molecule has 2 heterocycles. The number of carbonyl (C=O) groups excluding carboxylic acids is 1. The Morgan fingerprint density at radius 2 is 2.17 bits per heavy atom. The van der Waals surface area contributed by atoms with Gasteiger partial charge in [0, 0.05) is 18.2 Å². The highest BCUT2D eigenvalue weighted by Crippen LogP contribution is 2.27. The standard InChI is InChI=1S/C16H21N5O2/c1-11-5-4-8-20(12(11)2)16(22)13-6-7-15(23-3)14(9-13)21-10-17-18-19-21/h6-7,9-12H,4-5,8H2,1-3H3/t11-,12+/m1/s1. The molecule has 2 aromatic rings. The van der Waals surface area contributed by atoms with Crippen molar-refractivity contribution in [1.29, 1.82) is 0 Å². The third-order valence-corrected chi connectivity index (χ3v) is 4.66. The average molecular weight is 315 g/mol. The van der Waals surface area contributed by atoms with Crippen molar-refractivity contribution < 1.29 is 9.53 Å². The predicted octanol–water partition coefficient (Wildman–Crippen LogP) is 1.93. The van der Waals surface area contributed by atoms with Crippen molar-refractivity contribution in [2.24, 2.45) is 5.92 Å². The summed E-state index contributed by atoms with van der Waals surface area (Å²) in [5.74, 6) is 1.18. The molecule has 2 atom stereocenters. The van der Waals surface area contributed by atoms with Crippen molar-refractivity contribution in [2.45, 2.75) is 32.7 Å². The molecule has 7 heteroatoms. The van der Waals surface area contributed by atoms with Gasteiger partial charge >= 0.3 is 0 Å². The summed E-state index contributed by atoms with van der Waals surface area (Å²) in [4.78, 5) is 14.9. The fraction of sp³-hybridized carbons (Fsp3) is 0.500. The molecular formula is C16H21N5O2. The lowest BCUT2D eigenvalue weighted by molar-refractivity contribution is 0.0551. The summed E-state index contributed by atoms with van der Waals surface area (Å²) in [5.41, 5.74) is 1.28. The summed E-state index contributed by atoms with van der Waals surface area (Å²) in [5, 5.41) is 11.2. The molecule has 0 aliphatic carbocycles. The average Bonchev–Trinajstić information content (AvgIpc) is 3.10. The number of piperidine rings is 1. The van der Waals surface area contributed by atoms with Gasteiger partial charge in [-0.05, 0) is 54.3 Å². The Bertz CT molecular complexity index is 686. The van der Waals surface area contributed by atoms with Crippen molar-refractivity contribution in [3.05, 3.63) is 30.1 Å². The highest BCUT2D eigenvalue weighted by molar-refractivity contribution is 5.95. The minimum atomic E-state index is 0.0426. The van der Waals surface area contributed by atoms with Crippen LogP contribution < -0.4 is 4.74 Å². The molecule has 1 aromatic carbocycles. The van der Waals surface area contributed by atoms with E-state index in [9.17, 15) is 4.79 Å². The van der Waals surface area contributed by atoms with E-state index in [4.69, 9.17) is 4.74 Å². The molecule has 23 heavy (non-hydrogen) atoms. The maximum atomic E-state index is 12.9. The summed E-state index contributed by atoms with van der Waals surface area (Å²) < 4.78 is 6.84. The van der Waals surface area contributed by atoms with Crippen LogP contribution in [0.5, 0.6) is 5.75 Å². The Balaban J connectivity index is 1.94. The summed E-state index contributed by atoms with van der Waals surface area (Å²) in [6.45, 7) is 5.12. The quantitative estimate of drug-likeness (QED) is 0.865. The number of benzene rings is 1. The second kappa shape index (κ2) is 6.36. The maximum absolute atomic E-state index is 12.9. The minimum Gasteiger partial charge on any atom is -0.494 e. The van der Waals surface area contributed by atoms with Crippen LogP contribution in [0.15, 0.2) is 24.5 Å². The Morgan fingerprint density at radius 3 is 2.87 bits per heavy atom. The lowest BCUT2D eigenvalue weighted by Crippen LogP contribution is -2.46. The van der Waals surface area contributed by atoms with Gasteiger partial charge in [0.1, 0.15) is 17.8 Å². The van der Waals surface area contributed by atoms with Crippen LogP contribution in [-0.4, -0.2) is 50.7 Å². The minimum absolute atomic E-state index is 0.0426. The highest BCUT2D eigenvalue weighted by Gasteiger charge is 2.29. The molecule has 0 bridgehead atoms. The van der Waals surface area contributed by atoms with Crippen LogP contribution in [0.25, 0.3) is 5.69 Å². The summed E-state index contributed by atoms with van der Waals surface area (Å²) in [7, 11) is 1.58. The van der Waals surface area contributed by atoms with Gasteiger partial charge in [-0.2, -0.15) is 4.68 Å². The molecule has 1 aliphatic rings. The molecule has 1 aliphatic heterocycles. The first kappa shape index (κ1) is 15.5. The second-order valence-corrected chi connectivity index (χ2v) is 6.00. The van der Waals surface area contributed by atoms with Crippen LogP contribution >= 0.6 is 0 Å². The van der Waals surface area contributed by atoms with Crippen LogP contribution in [0.1, 0.15) is 37.0 Å². The Morgan fingerprint density at radius 1 is 1.35 bits per heavy atom. The van der Waals surface area contributed by atoms with Crippen LogP contribution in [0.3, 0.4) is 0 Å². The maximum Gasteiger partial charge on any atom is 0.254 e. The number of nitrogens with zero attached hydrogens (tertiary/aromatic N) is 5. The van der Waals surface area contributed by atoms with Crippen LogP contribution in [0.2, 0.25) is 0 Å². The van der Waals surface area contributed by atoms with E-state index >= 15 is 0 Å². The van der Waals surface area contributed by atoms with Crippen molar-refractivity contribution in [3.8, 4) is 11.4 Å². The number of likely N-dealkylation sites (tertiary alicyclic amines) is 1. The molecule has 0 radical (unpaired) electrons. The number of ether oxygens (including phenoxy) is 1. The number of hydrogen-bond acceptors (Lipinski definition) is 5. The Kier molecular flexibility index (Phi) is 4.27. The lowest BCUT2D eigenvalue weighted by atomic mass is 9.91. The van der Waals surface area contributed by atoms with E-state index in [0.717, 1.165) is 13.0 Å². The summed E-state index contributed by atoms with van der Waals surface area (Å²) in [6, 6.07) is 5.60. The Hall–Kier alpha value is -2.44. The van der Waals surface area contributed by atoms with E-state index in [1.807, 2.05) is 4.90 Å². The van der Waals surface area contributed by atoms with Gasteiger partial charge in [-0.1, -0.05) is 6.92 Å². The fourth-order valence-corrected chi connectivity index (χ4v) is 3.06. The lowest BCUT2D eigenvalue weighted by Gasteiger charge is -2.38. The number of methoxy groups -OCH3 is 1. The molecule has 122 valence electrons. The van der Waals surface area contributed by atoms with Crippen LogP contribution in [-0.2, 0) is 0 Å². The molecule has 0 saturated carbocycles. The Labute approximate surface area is 135 Å². The molecule has 7 nitrogen and oxygen atoms in total.